The first-order valence-corrected chi connectivity index (χ1v) is 11.1. The number of hydrogen-bond donors (Lipinski definition) is 2. The molecule has 0 radical (unpaired) electrons. The summed E-state index contributed by atoms with van der Waals surface area (Å²) in [4.78, 5) is 6.87. The van der Waals surface area contributed by atoms with E-state index in [1.165, 1.54) is 11.1 Å². The molecule has 0 atom stereocenters. The van der Waals surface area contributed by atoms with Gasteiger partial charge in [-0.2, -0.15) is 5.10 Å². The summed E-state index contributed by atoms with van der Waals surface area (Å²) in [6.07, 6.45) is 3.78. The number of aromatic nitrogens is 2. The van der Waals surface area contributed by atoms with E-state index < -0.39 is 0 Å². The van der Waals surface area contributed by atoms with E-state index in [2.05, 4.69) is 64.0 Å². The van der Waals surface area contributed by atoms with E-state index in [-0.39, 0.29) is 0 Å². The number of rotatable bonds is 11. The van der Waals surface area contributed by atoms with Gasteiger partial charge in [-0.15, -0.1) is 0 Å². The zero-order chi connectivity index (χ0) is 22.6. The van der Waals surface area contributed by atoms with Gasteiger partial charge in [-0.3, -0.25) is 4.68 Å². The number of ether oxygens (including phenoxy) is 1. The van der Waals surface area contributed by atoms with Crippen molar-refractivity contribution >= 4 is 5.96 Å². The number of aliphatic imine (C=N–C) groups is 1. The van der Waals surface area contributed by atoms with Crippen LogP contribution in [0.1, 0.15) is 23.6 Å². The topological polar surface area (TPSA) is 66.7 Å². The minimum atomic E-state index is 0.579. The van der Waals surface area contributed by atoms with Crippen LogP contribution < -0.4 is 15.4 Å². The Hall–Kier alpha value is -3.32. The van der Waals surface area contributed by atoms with Gasteiger partial charge in [0.1, 0.15) is 12.4 Å². The Morgan fingerprint density at radius 2 is 1.91 bits per heavy atom. The van der Waals surface area contributed by atoms with Gasteiger partial charge in [-0.25, -0.2) is 4.99 Å². The smallest absolute Gasteiger partial charge is 0.191 e. The molecule has 0 bridgehead atoms. The van der Waals surface area contributed by atoms with Crippen LogP contribution in [-0.2, 0) is 19.6 Å². The number of guanidine groups is 1. The molecule has 0 fully saturated rings. The Morgan fingerprint density at radius 3 is 2.66 bits per heavy atom. The number of hydrogen-bond acceptors (Lipinski definition) is 4. The lowest BCUT2D eigenvalue weighted by atomic mass is 10.1. The summed E-state index contributed by atoms with van der Waals surface area (Å²) in [7, 11) is 4.08. The van der Waals surface area contributed by atoms with Crippen LogP contribution in [0.2, 0.25) is 0 Å². The third-order valence-corrected chi connectivity index (χ3v) is 4.93. The standard InChI is InChI=1S/C25H34N6O/c1-4-26-25(27-18-21-9-7-12-24(17-21)32-16-15-30(2)3)28-19-22-10-5-6-11-23(22)20-31-14-8-13-29-31/h5-14,17H,4,15-16,18-20H2,1-3H3,(H2,26,27,28). The maximum absolute atomic E-state index is 5.84. The normalized spacial score (nSPS) is 11.6. The molecule has 0 saturated carbocycles. The summed E-state index contributed by atoms with van der Waals surface area (Å²) in [5, 5.41) is 11.1. The van der Waals surface area contributed by atoms with Crippen LogP contribution >= 0.6 is 0 Å². The third kappa shape index (κ3) is 7.74. The lowest BCUT2D eigenvalue weighted by molar-refractivity contribution is 0.261. The van der Waals surface area contributed by atoms with E-state index in [1.807, 2.05) is 43.2 Å². The number of benzene rings is 2. The molecule has 7 nitrogen and oxygen atoms in total. The second-order valence-electron chi connectivity index (χ2n) is 7.82. The fraction of sp³-hybridized carbons (Fsp3) is 0.360. The predicted molar refractivity (Wildman–Crippen MR) is 130 cm³/mol. The molecule has 1 heterocycles. The molecule has 0 aliphatic rings. The van der Waals surface area contributed by atoms with Crippen LogP contribution in [-0.4, -0.2) is 54.4 Å². The van der Waals surface area contributed by atoms with E-state index in [0.717, 1.165) is 36.9 Å². The second-order valence-corrected chi connectivity index (χ2v) is 7.82. The molecule has 7 heteroatoms. The lowest BCUT2D eigenvalue weighted by Gasteiger charge is -2.14. The molecule has 1 aromatic heterocycles. The van der Waals surface area contributed by atoms with Crippen molar-refractivity contribution in [1.29, 1.82) is 0 Å². The quantitative estimate of drug-likeness (QED) is 0.359. The molecule has 0 amide bonds. The minimum absolute atomic E-state index is 0.579. The highest BCUT2D eigenvalue weighted by atomic mass is 16.5. The van der Waals surface area contributed by atoms with Gasteiger partial charge in [0.15, 0.2) is 5.96 Å². The predicted octanol–water partition coefficient (Wildman–Crippen LogP) is 3.13. The highest BCUT2D eigenvalue weighted by Crippen LogP contribution is 2.14. The number of nitrogens with zero attached hydrogens (tertiary/aromatic N) is 4. The molecule has 0 aliphatic heterocycles. The summed E-state index contributed by atoms with van der Waals surface area (Å²) < 4.78 is 7.78. The first-order chi connectivity index (χ1) is 15.6. The van der Waals surface area contributed by atoms with Crippen molar-refractivity contribution in [2.45, 2.75) is 26.6 Å². The van der Waals surface area contributed by atoms with Gasteiger partial charge in [-0.05, 0) is 55.9 Å². The van der Waals surface area contributed by atoms with Crippen molar-refractivity contribution in [3.63, 3.8) is 0 Å². The van der Waals surface area contributed by atoms with Gasteiger partial charge >= 0.3 is 0 Å². The van der Waals surface area contributed by atoms with Crippen LogP contribution in [0, 0.1) is 0 Å². The van der Waals surface area contributed by atoms with Gasteiger partial charge in [0.25, 0.3) is 0 Å². The molecule has 0 saturated heterocycles. The zero-order valence-electron chi connectivity index (χ0n) is 19.3. The molecule has 170 valence electrons. The molecule has 3 aromatic rings. The first-order valence-electron chi connectivity index (χ1n) is 11.1. The van der Waals surface area contributed by atoms with E-state index >= 15 is 0 Å². The van der Waals surface area contributed by atoms with Gasteiger partial charge in [0.05, 0.1) is 13.1 Å². The third-order valence-electron chi connectivity index (χ3n) is 4.93. The van der Waals surface area contributed by atoms with Crippen molar-refractivity contribution < 1.29 is 4.74 Å². The Kier molecular flexibility index (Phi) is 9.13. The molecule has 0 spiro atoms. The van der Waals surface area contributed by atoms with Gasteiger partial charge < -0.3 is 20.3 Å². The highest BCUT2D eigenvalue weighted by Gasteiger charge is 2.05. The van der Waals surface area contributed by atoms with Crippen molar-refractivity contribution in [2.24, 2.45) is 4.99 Å². The highest BCUT2D eigenvalue weighted by molar-refractivity contribution is 5.79. The van der Waals surface area contributed by atoms with Crippen molar-refractivity contribution in [1.82, 2.24) is 25.3 Å². The van der Waals surface area contributed by atoms with Gasteiger partial charge in [0, 0.05) is 32.0 Å². The summed E-state index contributed by atoms with van der Waals surface area (Å²) in [5.41, 5.74) is 3.58. The molecule has 2 aromatic carbocycles. The van der Waals surface area contributed by atoms with E-state index in [4.69, 9.17) is 9.73 Å². The Labute approximate surface area is 191 Å². The zero-order valence-corrected chi connectivity index (χ0v) is 19.3. The van der Waals surface area contributed by atoms with Crippen LogP contribution in [0.25, 0.3) is 0 Å². The molecular weight excluding hydrogens is 400 g/mol. The summed E-state index contributed by atoms with van der Waals surface area (Å²) in [6.45, 7) is 6.45. The first kappa shape index (κ1) is 23.3. The van der Waals surface area contributed by atoms with Crippen LogP contribution in [0.4, 0.5) is 0 Å². The summed E-state index contributed by atoms with van der Waals surface area (Å²) in [5.74, 6) is 1.67. The molecule has 0 unspecified atom stereocenters. The van der Waals surface area contributed by atoms with Crippen LogP contribution in [0.3, 0.4) is 0 Å². The number of likely N-dealkylation sites (N-methyl/N-ethyl adjacent to an activating group) is 1. The minimum Gasteiger partial charge on any atom is -0.492 e. The van der Waals surface area contributed by atoms with E-state index in [9.17, 15) is 0 Å². The second kappa shape index (κ2) is 12.5. The molecular formula is C25H34N6O. The molecule has 0 aliphatic carbocycles. The van der Waals surface area contributed by atoms with E-state index in [0.29, 0.717) is 19.7 Å². The van der Waals surface area contributed by atoms with Gasteiger partial charge in [-0.1, -0.05) is 36.4 Å². The summed E-state index contributed by atoms with van der Waals surface area (Å²) >= 11 is 0. The maximum Gasteiger partial charge on any atom is 0.191 e. The fourth-order valence-electron chi connectivity index (χ4n) is 3.22. The molecule has 32 heavy (non-hydrogen) atoms. The fourth-order valence-corrected chi connectivity index (χ4v) is 3.22. The average Bonchev–Trinajstić information content (AvgIpc) is 3.30. The average molecular weight is 435 g/mol. The Bertz CT molecular complexity index is 968. The van der Waals surface area contributed by atoms with E-state index in [1.54, 1.807) is 6.20 Å². The van der Waals surface area contributed by atoms with Crippen molar-refractivity contribution in [2.75, 3.05) is 33.8 Å². The number of nitrogens with one attached hydrogen (secondary N) is 2. The largest absolute Gasteiger partial charge is 0.492 e. The maximum atomic E-state index is 5.84. The van der Waals surface area contributed by atoms with Crippen molar-refractivity contribution in [3.05, 3.63) is 83.7 Å². The lowest BCUT2D eigenvalue weighted by Crippen LogP contribution is -2.37. The SMILES string of the molecule is CCNC(=NCc1cccc(OCCN(C)C)c1)NCc1ccccc1Cn1cccn1. The van der Waals surface area contributed by atoms with Crippen molar-refractivity contribution in [3.8, 4) is 5.75 Å². The molecule has 3 rings (SSSR count). The Morgan fingerprint density at radius 1 is 1.06 bits per heavy atom. The van der Waals surface area contributed by atoms with Crippen LogP contribution in [0.5, 0.6) is 5.75 Å². The Balaban J connectivity index is 1.60. The monoisotopic (exact) mass is 434 g/mol. The van der Waals surface area contributed by atoms with Crippen LogP contribution in [0.15, 0.2) is 72.0 Å². The summed E-state index contributed by atoms with van der Waals surface area (Å²) in [6, 6.07) is 18.5. The van der Waals surface area contributed by atoms with Gasteiger partial charge in [0.2, 0.25) is 0 Å². The molecule has 2 N–H and O–H groups in total.